The molecule has 1 saturated heterocycles. The first-order valence-corrected chi connectivity index (χ1v) is 5.21. The molecular formula is C10H19NO3. The number of carboxylic acids is 1. The van der Waals surface area contributed by atoms with Crippen LogP contribution in [-0.4, -0.2) is 46.3 Å². The third kappa shape index (κ3) is 2.45. The van der Waals surface area contributed by atoms with Gasteiger partial charge in [0.05, 0.1) is 6.10 Å². The molecule has 4 heteroatoms. The molecule has 2 N–H and O–H groups in total. The highest BCUT2D eigenvalue weighted by Crippen LogP contribution is 2.21. The number of carbonyl (C=O) groups is 1. The third-order valence-electron chi connectivity index (χ3n) is 3.15. The Morgan fingerprint density at radius 2 is 2.29 bits per heavy atom. The largest absolute Gasteiger partial charge is 0.480 e. The second-order valence-electron chi connectivity index (χ2n) is 4.03. The lowest BCUT2D eigenvalue weighted by atomic mass is 9.91. The van der Waals surface area contributed by atoms with Gasteiger partial charge in [-0.3, -0.25) is 9.69 Å². The topological polar surface area (TPSA) is 60.8 Å². The van der Waals surface area contributed by atoms with Crippen molar-refractivity contribution in [3.8, 4) is 0 Å². The van der Waals surface area contributed by atoms with Gasteiger partial charge < -0.3 is 10.2 Å². The molecule has 0 aliphatic carbocycles. The number of aliphatic hydroxyl groups is 1. The number of nitrogens with zero attached hydrogens (tertiary/aromatic N) is 1. The average Bonchev–Trinajstić information content (AvgIpc) is 2.17. The van der Waals surface area contributed by atoms with Crippen LogP contribution in [-0.2, 0) is 4.79 Å². The van der Waals surface area contributed by atoms with Crippen LogP contribution in [0.15, 0.2) is 0 Å². The highest BCUT2D eigenvalue weighted by molar-refractivity contribution is 5.72. The lowest BCUT2D eigenvalue weighted by Crippen LogP contribution is -2.49. The molecule has 4 nitrogen and oxygen atoms in total. The summed E-state index contributed by atoms with van der Waals surface area (Å²) < 4.78 is 0. The second kappa shape index (κ2) is 4.75. The van der Waals surface area contributed by atoms with Gasteiger partial charge >= 0.3 is 5.97 Å². The first-order valence-electron chi connectivity index (χ1n) is 5.21. The SMILES string of the molecule is CC[C@@H]1CN([C@@H](C)C(=O)O)CC[C@H]1O. The average molecular weight is 201 g/mol. The maximum Gasteiger partial charge on any atom is 0.320 e. The van der Waals surface area contributed by atoms with Gasteiger partial charge in [-0.25, -0.2) is 0 Å². The number of aliphatic carboxylic acids is 1. The van der Waals surface area contributed by atoms with Gasteiger partial charge in [-0.2, -0.15) is 0 Å². The van der Waals surface area contributed by atoms with Gasteiger partial charge in [-0.05, 0) is 25.7 Å². The molecule has 1 heterocycles. The minimum absolute atomic E-state index is 0.227. The fourth-order valence-electron chi connectivity index (χ4n) is 1.96. The van der Waals surface area contributed by atoms with Crippen molar-refractivity contribution in [2.24, 2.45) is 5.92 Å². The Balaban J connectivity index is 2.54. The highest BCUT2D eigenvalue weighted by atomic mass is 16.4. The van der Waals surface area contributed by atoms with Gasteiger partial charge in [0, 0.05) is 13.1 Å². The summed E-state index contributed by atoms with van der Waals surface area (Å²) in [5, 5.41) is 18.5. The van der Waals surface area contributed by atoms with Gasteiger partial charge in [0.1, 0.15) is 6.04 Å². The fourth-order valence-corrected chi connectivity index (χ4v) is 1.96. The van der Waals surface area contributed by atoms with Crippen molar-refractivity contribution in [3.63, 3.8) is 0 Å². The second-order valence-corrected chi connectivity index (χ2v) is 4.03. The first kappa shape index (κ1) is 11.5. The Labute approximate surface area is 84.5 Å². The number of carboxylic acid groups (broad SMARTS) is 1. The van der Waals surface area contributed by atoms with Gasteiger partial charge in [-0.15, -0.1) is 0 Å². The van der Waals surface area contributed by atoms with Gasteiger partial charge in [0.15, 0.2) is 0 Å². The number of piperidine rings is 1. The number of likely N-dealkylation sites (tertiary alicyclic amines) is 1. The van der Waals surface area contributed by atoms with Crippen LogP contribution in [0, 0.1) is 5.92 Å². The standard InChI is InChI=1S/C10H19NO3/c1-3-8-6-11(5-4-9(8)12)7(2)10(13)14/h7-9,12H,3-6H2,1-2H3,(H,13,14)/t7-,8+,9+/m0/s1. The molecule has 0 aromatic carbocycles. The van der Waals surface area contributed by atoms with E-state index in [4.69, 9.17) is 5.11 Å². The van der Waals surface area contributed by atoms with Crippen molar-refractivity contribution in [2.45, 2.75) is 38.8 Å². The van der Waals surface area contributed by atoms with Gasteiger partial charge in [0.2, 0.25) is 0 Å². The molecule has 1 aliphatic heterocycles. The maximum absolute atomic E-state index is 10.8. The number of hydrogen-bond acceptors (Lipinski definition) is 3. The molecule has 0 unspecified atom stereocenters. The Kier molecular flexibility index (Phi) is 3.89. The van der Waals surface area contributed by atoms with Crippen molar-refractivity contribution in [1.82, 2.24) is 4.90 Å². The van der Waals surface area contributed by atoms with Crippen LogP contribution in [0.5, 0.6) is 0 Å². The minimum atomic E-state index is -0.781. The summed E-state index contributed by atoms with van der Waals surface area (Å²) in [6.07, 6.45) is 1.34. The molecule has 14 heavy (non-hydrogen) atoms. The molecule has 0 spiro atoms. The molecule has 82 valence electrons. The maximum atomic E-state index is 10.8. The summed E-state index contributed by atoms with van der Waals surface area (Å²) >= 11 is 0. The fraction of sp³-hybridized carbons (Fsp3) is 0.900. The van der Waals surface area contributed by atoms with Crippen molar-refractivity contribution in [3.05, 3.63) is 0 Å². The lowest BCUT2D eigenvalue weighted by Gasteiger charge is -2.37. The summed E-state index contributed by atoms with van der Waals surface area (Å²) in [5.41, 5.74) is 0. The van der Waals surface area contributed by atoms with E-state index in [1.807, 2.05) is 11.8 Å². The Morgan fingerprint density at radius 1 is 1.64 bits per heavy atom. The molecule has 3 atom stereocenters. The van der Waals surface area contributed by atoms with Crippen LogP contribution in [0.2, 0.25) is 0 Å². The van der Waals surface area contributed by atoms with Gasteiger partial charge in [0.25, 0.3) is 0 Å². The molecule has 0 radical (unpaired) electrons. The summed E-state index contributed by atoms with van der Waals surface area (Å²) in [7, 11) is 0. The predicted molar refractivity (Wildman–Crippen MR) is 53.1 cm³/mol. The van der Waals surface area contributed by atoms with Crippen molar-refractivity contribution in [1.29, 1.82) is 0 Å². The first-order chi connectivity index (χ1) is 6.56. The van der Waals surface area contributed by atoms with E-state index in [0.29, 0.717) is 19.5 Å². The van der Waals surface area contributed by atoms with E-state index in [0.717, 1.165) is 6.42 Å². The zero-order valence-corrected chi connectivity index (χ0v) is 8.81. The summed E-state index contributed by atoms with van der Waals surface area (Å²) in [4.78, 5) is 12.7. The van der Waals surface area contributed by atoms with Crippen molar-refractivity contribution < 1.29 is 15.0 Å². The van der Waals surface area contributed by atoms with Crippen LogP contribution < -0.4 is 0 Å². The third-order valence-corrected chi connectivity index (χ3v) is 3.15. The van der Waals surface area contributed by atoms with E-state index in [1.54, 1.807) is 6.92 Å². The van der Waals surface area contributed by atoms with E-state index in [9.17, 15) is 9.90 Å². The molecule has 1 fully saturated rings. The summed E-state index contributed by atoms with van der Waals surface area (Å²) in [6.45, 7) is 5.12. The van der Waals surface area contributed by atoms with E-state index < -0.39 is 12.0 Å². The highest BCUT2D eigenvalue weighted by Gasteiger charge is 2.30. The Morgan fingerprint density at radius 3 is 2.79 bits per heavy atom. The molecule has 0 bridgehead atoms. The van der Waals surface area contributed by atoms with Crippen LogP contribution in [0.3, 0.4) is 0 Å². The van der Waals surface area contributed by atoms with Crippen molar-refractivity contribution in [2.75, 3.05) is 13.1 Å². The molecule has 0 amide bonds. The zero-order chi connectivity index (χ0) is 10.7. The molecule has 0 saturated carbocycles. The number of aliphatic hydroxyl groups excluding tert-OH is 1. The van der Waals surface area contributed by atoms with Gasteiger partial charge in [-0.1, -0.05) is 6.92 Å². The van der Waals surface area contributed by atoms with E-state index in [2.05, 4.69) is 0 Å². The smallest absolute Gasteiger partial charge is 0.320 e. The van der Waals surface area contributed by atoms with Crippen LogP contribution in [0.4, 0.5) is 0 Å². The van der Waals surface area contributed by atoms with Crippen LogP contribution in [0.1, 0.15) is 26.7 Å². The number of hydrogen-bond donors (Lipinski definition) is 2. The molecule has 1 aliphatic rings. The summed E-state index contributed by atoms with van der Waals surface area (Å²) in [6, 6.07) is -0.434. The number of rotatable bonds is 3. The quantitative estimate of drug-likeness (QED) is 0.700. The molecule has 0 aromatic rings. The van der Waals surface area contributed by atoms with E-state index in [-0.39, 0.29) is 12.0 Å². The van der Waals surface area contributed by atoms with E-state index in [1.165, 1.54) is 0 Å². The molecule has 1 rings (SSSR count). The minimum Gasteiger partial charge on any atom is -0.480 e. The monoisotopic (exact) mass is 201 g/mol. The van der Waals surface area contributed by atoms with Crippen LogP contribution >= 0.6 is 0 Å². The predicted octanol–water partition coefficient (Wildman–Crippen LogP) is 0.552. The molecular weight excluding hydrogens is 182 g/mol. The normalized spacial score (nSPS) is 31.4. The lowest BCUT2D eigenvalue weighted by molar-refractivity contribution is -0.144. The van der Waals surface area contributed by atoms with Crippen LogP contribution in [0.25, 0.3) is 0 Å². The summed E-state index contributed by atoms with van der Waals surface area (Å²) in [5.74, 6) is -0.554. The zero-order valence-electron chi connectivity index (χ0n) is 8.81. The van der Waals surface area contributed by atoms with E-state index >= 15 is 0 Å². The Bertz CT molecular complexity index is 208. The molecule has 0 aromatic heterocycles. The van der Waals surface area contributed by atoms with Crippen molar-refractivity contribution >= 4 is 5.97 Å². The Hall–Kier alpha value is -0.610.